The molecule has 0 saturated heterocycles. The van der Waals surface area contributed by atoms with Crippen LogP contribution in [0.2, 0.25) is 0 Å². The second kappa shape index (κ2) is 4.69. The van der Waals surface area contributed by atoms with Gasteiger partial charge in [-0.05, 0) is 61.4 Å². The van der Waals surface area contributed by atoms with Gasteiger partial charge in [0.1, 0.15) is 5.75 Å². The van der Waals surface area contributed by atoms with Crippen LogP contribution in [0, 0.1) is 5.92 Å². The molecular formula is C15H21NO. The van der Waals surface area contributed by atoms with Crippen molar-refractivity contribution >= 4 is 0 Å². The molecule has 1 unspecified atom stereocenters. The van der Waals surface area contributed by atoms with Gasteiger partial charge >= 0.3 is 0 Å². The molecule has 1 atom stereocenters. The predicted octanol–water partition coefficient (Wildman–Crippen LogP) is 3.07. The second-order valence-electron chi connectivity index (χ2n) is 5.23. The topological polar surface area (TPSA) is 21.3 Å². The number of benzene rings is 1. The fourth-order valence-corrected chi connectivity index (χ4v) is 2.72. The summed E-state index contributed by atoms with van der Waals surface area (Å²) in [6.45, 7) is 4.09. The minimum atomic E-state index is 0.587. The molecule has 2 nitrogen and oxygen atoms in total. The summed E-state index contributed by atoms with van der Waals surface area (Å²) in [5.41, 5.74) is 3.01. The zero-order valence-corrected chi connectivity index (χ0v) is 10.5. The molecule has 2 aliphatic rings. The van der Waals surface area contributed by atoms with Crippen molar-refractivity contribution < 1.29 is 4.74 Å². The first-order chi connectivity index (χ1) is 8.38. The predicted molar refractivity (Wildman–Crippen MR) is 69.4 cm³/mol. The van der Waals surface area contributed by atoms with Gasteiger partial charge in [0.25, 0.3) is 0 Å². The summed E-state index contributed by atoms with van der Waals surface area (Å²) >= 11 is 0. The lowest BCUT2D eigenvalue weighted by atomic mass is 9.91. The highest BCUT2D eigenvalue weighted by molar-refractivity contribution is 5.40. The third-order valence-corrected chi connectivity index (χ3v) is 3.78. The minimum absolute atomic E-state index is 0.587. The van der Waals surface area contributed by atoms with Crippen LogP contribution >= 0.6 is 0 Å². The third-order valence-electron chi connectivity index (χ3n) is 3.78. The normalized spacial score (nSPS) is 23.2. The number of ether oxygens (including phenoxy) is 1. The second-order valence-corrected chi connectivity index (χ2v) is 5.23. The Labute approximate surface area is 103 Å². The number of hydrogen-bond donors (Lipinski definition) is 1. The fourth-order valence-electron chi connectivity index (χ4n) is 2.72. The standard InChI is InChI=1S/C15H21NO/c1-2-9-17-13-6-5-11-7-8-16-15(12-3-4-12)14(11)10-13/h5-6,10,12,15-16H,2-4,7-9H2,1H3. The smallest absolute Gasteiger partial charge is 0.119 e. The molecule has 1 aromatic rings. The summed E-state index contributed by atoms with van der Waals surface area (Å²) in [6.07, 6.45) is 5.00. The maximum atomic E-state index is 5.74. The van der Waals surface area contributed by atoms with E-state index in [1.165, 1.54) is 24.0 Å². The number of rotatable bonds is 4. The maximum Gasteiger partial charge on any atom is 0.119 e. The molecule has 0 aromatic heterocycles. The Hall–Kier alpha value is -1.02. The highest BCUT2D eigenvalue weighted by Crippen LogP contribution is 2.43. The fraction of sp³-hybridized carbons (Fsp3) is 0.600. The van der Waals surface area contributed by atoms with Crippen LogP contribution in [0.3, 0.4) is 0 Å². The Morgan fingerprint density at radius 2 is 2.24 bits per heavy atom. The molecule has 0 bridgehead atoms. The van der Waals surface area contributed by atoms with Crippen LogP contribution in [0.15, 0.2) is 18.2 Å². The highest BCUT2D eigenvalue weighted by atomic mass is 16.5. The van der Waals surface area contributed by atoms with E-state index >= 15 is 0 Å². The third kappa shape index (κ3) is 2.32. The van der Waals surface area contributed by atoms with Crippen molar-refractivity contribution in [3.05, 3.63) is 29.3 Å². The molecule has 1 heterocycles. The molecule has 1 aliphatic carbocycles. The maximum absolute atomic E-state index is 5.74. The van der Waals surface area contributed by atoms with Gasteiger partial charge in [0, 0.05) is 6.04 Å². The van der Waals surface area contributed by atoms with Crippen LogP contribution in [0.5, 0.6) is 5.75 Å². The van der Waals surface area contributed by atoms with E-state index in [4.69, 9.17) is 4.74 Å². The lowest BCUT2D eigenvalue weighted by molar-refractivity contribution is 0.316. The van der Waals surface area contributed by atoms with Gasteiger partial charge in [-0.3, -0.25) is 0 Å². The van der Waals surface area contributed by atoms with Crippen LogP contribution in [-0.2, 0) is 6.42 Å². The van der Waals surface area contributed by atoms with Gasteiger partial charge in [0.2, 0.25) is 0 Å². The van der Waals surface area contributed by atoms with Crippen molar-refractivity contribution in [1.82, 2.24) is 5.32 Å². The van der Waals surface area contributed by atoms with Crippen LogP contribution in [0.1, 0.15) is 43.4 Å². The molecule has 1 aliphatic heterocycles. The zero-order valence-electron chi connectivity index (χ0n) is 10.5. The monoisotopic (exact) mass is 231 g/mol. The molecule has 1 N–H and O–H groups in total. The Bertz CT molecular complexity index is 398. The van der Waals surface area contributed by atoms with E-state index in [9.17, 15) is 0 Å². The lowest BCUT2D eigenvalue weighted by Gasteiger charge is -2.27. The molecule has 0 radical (unpaired) electrons. The van der Waals surface area contributed by atoms with Gasteiger partial charge in [-0.25, -0.2) is 0 Å². The molecular weight excluding hydrogens is 210 g/mol. The first-order valence-electron chi connectivity index (χ1n) is 6.87. The number of hydrogen-bond acceptors (Lipinski definition) is 2. The number of nitrogens with one attached hydrogen (secondary N) is 1. The first kappa shape index (κ1) is 11.1. The van der Waals surface area contributed by atoms with Crippen LogP contribution < -0.4 is 10.1 Å². The summed E-state index contributed by atoms with van der Waals surface area (Å²) in [5.74, 6) is 1.91. The van der Waals surface area contributed by atoms with Crippen molar-refractivity contribution in [2.75, 3.05) is 13.2 Å². The van der Waals surface area contributed by atoms with Gasteiger partial charge in [0.05, 0.1) is 6.61 Å². The molecule has 0 spiro atoms. The minimum Gasteiger partial charge on any atom is -0.494 e. The average molecular weight is 231 g/mol. The summed E-state index contributed by atoms with van der Waals surface area (Å²) < 4.78 is 5.74. The van der Waals surface area contributed by atoms with E-state index in [1.807, 2.05) is 0 Å². The zero-order chi connectivity index (χ0) is 11.7. The Kier molecular flexibility index (Phi) is 3.06. The van der Waals surface area contributed by atoms with E-state index in [0.29, 0.717) is 6.04 Å². The van der Waals surface area contributed by atoms with Crippen LogP contribution in [0.4, 0.5) is 0 Å². The molecule has 1 saturated carbocycles. The Balaban J connectivity index is 1.84. The van der Waals surface area contributed by atoms with E-state index in [0.717, 1.165) is 37.7 Å². The van der Waals surface area contributed by atoms with Crippen molar-refractivity contribution in [3.8, 4) is 5.75 Å². The number of fused-ring (bicyclic) bond motifs is 1. The average Bonchev–Trinajstić information content (AvgIpc) is 3.19. The van der Waals surface area contributed by atoms with E-state index in [2.05, 4.69) is 30.4 Å². The van der Waals surface area contributed by atoms with Gasteiger partial charge in [-0.15, -0.1) is 0 Å². The van der Waals surface area contributed by atoms with Crippen LogP contribution in [-0.4, -0.2) is 13.2 Å². The SMILES string of the molecule is CCCOc1ccc2c(c1)C(C1CC1)NCC2. The van der Waals surface area contributed by atoms with Crippen molar-refractivity contribution in [2.45, 2.75) is 38.6 Å². The van der Waals surface area contributed by atoms with Crippen molar-refractivity contribution in [1.29, 1.82) is 0 Å². The van der Waals surface area contributed by atoms with E-state index in [1.54, 1.807) is 0 Å². The van der Waals surface area contributed by atoms with Gasteiger partial charge in [-0.2, -0.15) is 0 Å². The van der Waals surface area contributed by atoms with E-state index in [-0.39, 0.29) is 0 Å². The van der Waals surface area contributed by atoms with Gasteiger partial charge < -0.3 is 10.1 Å². The molecule has 1 aromatic carbocycles. The molecule has 1 fully saturated rings. The van der Waals surface area contributed by atoms with Crippen LogP contribution in [0.25, 0.3) is 0 Å². The largest absolute Gasteiger partial charge is 0.494 e. The summed E-state index contributed by atoms with van der Waals surface area (Å²) in [6, 6.07) is 7.24. The quantitative estimate of drug-likeness (QED) is 0.860. The summed E-state index contributed by atoms with van der Waals surface area (Å²) in [7, 11) is 0. The van der Waals surface area contributed by atoms with Gasteiger partial charge in [0.15, 0.2) is 0 Å². The van der Waals surface area contributed by atoms with Gasteiger partial charge in [-0.1, -0.05) is 13.0 Å². The summed E-state index contributed by atoms with van der Waals surface area (Å²) in [4.78, 5) is 0. The molecule has 17 heavy (non-hydrogen) atoms. The first-order valence-corrected chi connectivity index (χ1v) is 6.87. The Morgan fingerprint density at radius 1 is 1.35 bits per heavy atom. The van der Waals surface area contributed by atoms with E-state index < -0.39 is 0 Å². The highest BCUT2D eigenvalue weighted by Gasteiger charge is 2.34. The molecule has 3 rings (SSSR count). The Morgan fingerprint density at radius 3 is 3.00 bits per heavy atom. The molecule has 92 valence electrons. The molecule has 2 heteroatoms. The summed E-state index contributed by atoms with van der Waals surface area (Å²) in [5, 5.41) is 3.66. The van der Waals surface area contributed by atoms with Crippen molar-refractivity contribution in [2.24, 2.45) is 5.92 Å². The lowest BCUT2D eigenvalue weighted by Crippen LogP contribution is -2.31. The molecule has 0 amide bonds. The van der Waals surface area contributed by atoms with Crippen molar-refractivity contribution in [3.63, 3.8) is 0 Å².